The van der Waals surface area contributed by atoms with Crippen LogP contribution in [-0.2, 0) is 0 Å². The maximum atomic E-state index is 11.8. The molecule has 0 aliphatic carbocycles. The number of aromatic nitrogens is 2. The molecular weight excluding hydrogens is 200 g/mol. The Balaban J connectivity index is 2.07. The highest BCUT2D eigenvalue weighted by Crippen LogP contribution is 2.16. The topological polar surface area (TPSA) is 72.1 Å². The summed E-state index contributed by atoms with van der Waals surface area (Å²) in [5.41, 5.74) is 6.26. The molecule has 2 unspecified atom stereocenters. The molecule has 0 aromatic carbocycles. The summed E-state index contributed by atoms with van der Waals surface area (Å²) in [5.74, 6) is 0.309. The fourth-order valence-electron chi connectivity index (χ4n) is 1.58. The van der Waals surface area contributed by atoms with Crippen LogP contribution in [0.5, 0.6) is 0 Å². The number of carbonyl (C=O) groups excluding carboxylic acids is 1. The second-order valence-corrected chi connectivity index (χ2v) is 4.20. The Kier molecular flexibility index (Phi) is 2.47. The number of hydrogen-bond donors (Lipinski definition) is 1. The standard InChI is InChI=1S/C8H12N4OS/c1-5-3-12(4-6(5)9)8(13)7-2-10-14-11-7/h2,5-6H,3-4,9H2,1H3. The smallest absolute Gasteiger partial charge is 0.275 e. The predicted molar refractivity (Wildman–Crippen MR) is 53.0 cm³/mol. The summed E-state index contributed by atoms with van der Waals surface area (Å²) in [6, 6.07) is 0.0885. The van der Waals surface area contributed by atoms with E-state index in [4.69, 9.17) is 5.73 Å². The fraction of sp³-hybridized carbons (Fsp3) is 0.625. The third-order valence-electron chi connectivity index (χ3n) is 2.54. The van der Waals surface area contributed by atoms with Crippen LogP contribution in [0.3, 0.4) is 0 Å². The minimum atomic E-state index is -0.0569. The third-order valence-corrected chi connectivity index (χ3v) is 3.02. The number of likely N-dealkylation sites (tertiary alicyclic amines) is 1. The molecule has 1 aromatic rings. The van der Waals surface area contributed by atoms with Gasteiger partial charge in [-0.3, -0.25) is 4.79 Å². The van der Waals surface area contributed by atoms with Gasteiger partial charge in [-0.1, -0.05) is 6.92 Å². The van der Waals surface area contributed by atoms with Gasteiger partial charge >= 0.3 is 0 Å². The first-order valence-corrected chi connectivity index (χ1v) is 5.24. The van der Waals surface area contributed by atoms with E-state index in [9.17, 15) is 4.79 Å². The summed E-state index contributed by atoms with van der Waals surface area (Å²) in [4.78, 5) is 13.5. The van der Waals surface area contributed by atoms with Crippen molar-refractivity contribution in [1.29, 1.82) is 0 Å². The molecule has 5 nitrogen and oxygen atoms in total. The molecule has 1 aromatic heterocycles. The lowest BCUT2D eigenvalue weighted by Gasteiger charge is -2.13. The maximum absolute atomic E-state index is 11.8. The summed E-state index contributed by atoms with van der Waals surface area (Å²) in [6.45, 7) is 3.40. The van der Waals surface area contributed by atoms with E-state index in [2.05, 4.69) is 15.7 Å². The second-order valence-electron chi connectivity index (χ2n) is 3.64. The molecule has 0 bridgehead atoms. The summed E-state index contributed by atoms with van der Waals surface area (Å²) in [7, 11) is 0. The Labute approximate surface area is 86.2 Å². The van der Waals surface area contributed by atoms with Gasteiger partial charge in [0.05, 0.1) is 17.9 Å². The van der Waals surface area contributed by atoms with Gasteiger partial charge in [-0.2, -0.15) is 8.75 Å². The molecule has 1 saturated heterocycles. The SMILES string of the molecule is CC1CN(C(=O)c2cnsn2)CC1N. The highest BCUT2D eigenvalue weighted by atomic mass is 32.1. The number of nitrogens with two attached hydrogens (primary N) is 1. The number of rotatable bonds is 1. The van der Waals surface area contributed by atoms with Crippen LogP contribution >= 0.6 is 11.7 Å². The van der Waals surface area contributed by atoms with Crippen LogP contribution in [0.15, 0.2) is 6.20 Å². The number of carbonyl (C=O) groups is 1. The van der Waals surface area contributed by atoms with Crippen LogP contribution in [0.1, 0.15) is 17.4 Å². The molecule has 0 radical (unpaired) electrons. The van der Waals surface area contributed by atoms with E-state index in [-0.39, 0.29) is 11.9 Å². The predicted octanol–water partition coefficient (Wildman–Crippen LogP) is -0.0427. The van der Waals surface area contributed by atoms with E-state index in [1.165, 1.54) is 6.20 Å². The van der Waals surface area contributed by atoms with Crippen LogP contribution < -0.4 is 5.73 Å². The van der Waals surface area contributed by atoms with Crippen molar-refractivity contribution in [2.24, 2.45) is 11.7 Å². The van der Waals surface area contributed by atoms with Crippen molar-refractivity contribution in [3.05, 3.63) is 11.9 Å². The largest absolute Gasteiger partial charge is 0.335 e. The molecule has 14 heavy (non-hydrogen) atoms. The molecule has 0 saturated carbocycles. The van der Waals surface area contributed by atoms with E-state index in [1.807, 2.05) is 0 Å². The van der Waals surface area contributed by atoms with E-state index in [0.717, 1.165) is 18.3 Å². The Morgan fingerprint density at radius 1 is 1.71 bits per heavy atom. The maximum Gasteiger partial charge on any atom is 0.275 e. The Morgan fingerprint density at radius 2 is 2.50 bits per heavy atom. The van der Waals surface area contributed by atoms with E-state index in [0.29, 0.717) is 18.2 Å². The monoisotopic (exact) mass is 212 g/mol. The van der Waals surface area contributed by atoms with E-state index in [1.54, 1.807) is 4.90 Å². The van der Waals surface area contributed by atoms with Gasteiger partial charge < -0.3 is 10.6 Å². The molecule has 76 valence electrons. The lowest BCUT2D eigenvalue weighted by atomic mass is 10.1. The van der Waals surface area contributed by atoms with Crippen molar-refractivity contribution in [2.75, 3.05) is 13.1 Å². The number of nitrogens with zero attached hydrogens (tertiary/aromatic N) is 3. The summed E-state index contributed by atoms with van der Waals surface area (Å²) >= 11 is 1.05. The van der Waals surface area contributed by atoms with E-state index >= 15 is 0 Å². The van der Waals surface area contributed by atoms with Crippen molar-refractivity contribution in [3.8, 4) is 0 Å². The first-order valence-electron chi connectivity index (χ1n) is 4.51. The molecular formula is C8H12N4OS. The molecule has 1 aliphatic rings. The average Bonchev–Trinajstić information content (AvgIpc) is 2.76. The first kappa shape index (κ1) is 9.54. The highest BCUT2D eigenvalue weighted by Gasteiger charge is 2.31. The zero-order valence-electron chi connectivity index (χ0n) is 7.88. The van der Waals surface area contributed by atoms with Crippen molar-refractivity contribution < 1.29 is 4.79 Å². The quantitative estimate of drug-likeness (QED) is 0.709. The van der Waals surface area contributed by atoms with Crippen molar-refractivity contribution in [2.45, 2.75) is 13.0 Å². The zero-order valence-corrected chi connectivity index (χ0v) is 8.70. The van der Waals surface area contributed by atoms with Gasteiger partial charge in [-0.05, 0) is 5.92 Å². The van der Waals surface area contributed by atoms with Crippen LogP contribution in [0.25, 0.3) is 0 Å². The Hall–Kier alpha value is -1.01. The molecule has 2 heterocycles. The lowest BCUT2D eigenvalue weighted by molar-refractivity contribution is 0.0782. The first-order chi connectivity index (χ1) is 6.68. The second kappa shape index (κ2) is 3.62. The van der Waals surface area contributed by atoms with Crippen LogP contribution in [0, 0.1) is 5.92 Å². The molecule has 2 N–H and O–H groups in total. The summed E-state index contributed by atoms with van der Waals surface area (Å²) in [6.07, 6.45) is 1.50. The molecule has 2 atom stereocenters. The van der Waals surface area contributed by atoms with Gasteiger partial charge in [0.1, 0.15) is 0 Å². The third kappa shape index (κ3) is 1.62. The molecule has 1 fully saturated rings. The number of amides is 1. The van der Waals surface area contributed by atoms with Gasteiger partial charge in [0.15, 0.2) is 5.69 Å². The average molecular weight is 212 g/mol. The Bertz CT molecular complexity index is 316. The molecule has 2 rings (SSSR count). The molecule has 6 heteroatoms. The van der Waals surface area contributed by atoms with Crippen LogP contribution in [0.4, 0.5) is 0 Å². The van der Waals surface area contributed by atoms with Crippen LogP contribution in [-0.4, -0.2) is 38.7 Å². The lowest BCUT2D eigenvalue weighted by Crippen LogP contribution is -2.32. The minimum absolute atomic E-state index is 0.0569. The van der Waals surface area contributed by atoms with Gasteiger partial charge in [-0.25, -0.2) is 0 Å². The van der Waals surface area contributed by atoms with Crippen molar-refractivity contribution in [1.82, 2.24) is 13.6 Å². The van der Waals surface area contributed by atoms with Crippen molar-refractivity contribution in [3.63, 3.8) is 0 Å². The van der Waals surface area contributed by atoms with Gasteiger partial charge in [0.25, 0.3) is 5.91 Å². The fourth-order valence-corrected chi connectivity index (χ4v) is 1.99. The molecule has 1 aliphatic heterocycles. The molecule has 1 amide bonds. The number of hydrogen-bond acceptors (Lipinski definition) is 5. The van der Waals surface area contributed by atoms with E-state index < -0.39 is 0 Å². The van der Waals surface area contributed by atoms with Gasteiger partial charge in [0.2, 0.25) is 0 Å². The summed E-state index contributed by atoms with van der Waals surface area (Å²) < 4.78 is 7.71. The van der Waals surface area contributed by atoms with Gasteiger partial charge in [-0.15, -0.1) is 0 Å². The Morgan fingerprint density at radius 3 is 3.00 bits per heavy atom. The summed E-state index contributed by atoms with van der Waals surface area (Å²) in [5, 5.41) is 0. The minimum Gasteiger partial charge on any atom is -0.335 e. The zero-order chi connectivity index (χ0) is 10.1. The van der Waals surface area contributed by atoms with Gasteiger partial charge in [0, 0.05) is 19.1 Å². The normalized spacial score (nSPS) is 26.9. The molecule has 0 spiro atoms. The highest BCUT2D eigenvalue weighted by molar-refractivity contribution is 6.99. The van der Waals surface area contributed by atoms with Crippen LogP contribution in [0.2, 0.25) is 0 Å². The van der Waals surface area contributed by atoms with Crippen molar-refractivity contribution >= 4 is 17.6 Å².